The Bertz CT molecular complexity index is 948. The molecule has 0 saturated carbocycles. The third-order valence-corrected chi connectivity index (χ3v) is 4.91. The number of ether oxygens (including phenoxy) is 2. The number of nitrogens with one attached hydrogen (secondary N) is 1. The van der Waals surface area contributed by atoms with Crippen molar-refractivity contribution in [2.75, 3.05) is 20.8 Å². The van der Waals surface area contributed by atoms with Crippen molar-refractivity contribution in [2.24, 2.45) is 0 Å². The van der Waals surface area contributed by atoms with Crippen LogP contribution in [0.15, 0.2) is 29.6 Å². The normalized spacial score (nSPS) is 10.7. The molecule has 2 aromatic heterocycles. The quantitative estimate of drug-likeness (QED) is 0.675. The van der Waals surface area contributed by atoms with Crippen LogP contribution in [0.4, 0.5) is 0 Å². The van der Waals surface area contributed by atoms with E-state index in [4.69, 9.17) is 9.47 Å². The molecule has 0 aliphatic rings. The van der Waals surface area contributed by atoms with Gasteiger partial charge in [0.15, 0.2) is 11.5 Å². The van der Waals surface area contributed by atoms with E-state index in [1.165, 1.54) is 18.4 Å². The van der Waals surface area contributed by atoms with Gasteiger partial charge in [-0.05, 0) is 32.0 Å². The molecule has 27 heavy (non-hydrogen) atoms. The van der Waals surface area contributed by atoms with Gasteiger partial charge < -0.3 is 14.8 Å². The van der Waals surface area contributed by atoms with Crippen LogP contribution in [0, 0.1) is 13.8 Å². The average molecular weight is 386 g/mol. The van der Waals surface area contributed by atoms with Crippen LogP contribution >= 0.6 is 11.3 Å². The zero-order valence-corrected chi connectivity index (χ0v) is 16.6. The standard InChI is InChI=1S/C19H22N4O3S/c1-12-10-13(2)23(22-12)19-21-14(11-27-19)8-9-20-18(24)15-6-5-7-16(25-3)17(15)26-4/h5-7,10-11H,8-9H2,1-4H3,(H,20,24). The molecule has 0 saturated heterocycles. The van der Waals surface area contributed by atoms with Gasteiger partial charge in [-0.3, -0.25) is 4.79 Å². The van der Waals surface area contributed by atoms with E-state index < -0.39 is 0 Å². The van der Waals surface area contributed by atoms with Crippen molar-refractivity contribution < 1.29 is 14.3 Å². The molecule has 142 valence electrons. The van der Waals surface area contributed by atoms with Gasteiger partial charge in [0.25, 0.3) is 5.91 Å². The van der Waals surface area contributed by atoms with Crippen LogP contribution in [-0.4, -0.2) is 41.4 Å². The Morgan fingerprint density at radius 2 is 2.07 bits per heavy atom. The van der Waals surface area contributed by atoms with Crippen molar-refractivity contribution in [1.82, 2.24) is 20.1 Å². The van der Waals surface area contributed by atoms with E-state index >= 15 is 0 Å². The number of aromatic nitrogens is 3. The number of benzene rings is 1. The molecule has 8 heteroatoms. The predicted octanol–water partition coefficient (Wildman–Crippen LogP) is 2.94. The molecule has 0 radical (unpaired) electrons. The second kappa shape index (κ2) is 8.22. The van der Waals surface area contributed by atoms with Crippen LogP contribution < -0.4 is 14.8 Å². The van der Waals surface area contributed by atoms with Gasteiger partial charge in [0.2, 0.25) is 5.13 Å². The van der Waals surface area contributed by atoms with Gasteiger partial charge in [-0.1, -0.05) is 6.07 Å². The number of aryl methyl sites for hydroxylation is 2. The number of carbonyl (C=O) groups is 1. The highest BCUT2D eigenvalue weighted by Gasteiger charge is 2.16. The first-order valence-corrected chi connectivity index (χ1v) is 9.38. The summed E-state index contributed by atoms with van der Waals surface area (Å²) < 4.78 is 12.4. The second-order valence-electron chi connectivity index (χ2n) is 6.01. The molecule has 0 aliphatic heterocycles. The fourth-order valence-electron chi connectivity index (χ4n) is 2.80. The lowest BCUT2D eigenvalue weighted by Gasteiger charge is -2.12. The maximum atomic E-state index is 12.5. The Kier molecular flexibility index (Phi) is 5.75. The van der Waals surface area contributed by atoms with E-state index in [1.54, 1.807) is 25.3 Å². The summed E-state index contributed by atoms with van der Waals surface area (Å²) in [6.07, 6.45) is 0.633. The molecule has 1 aromatic carbocycles. The van der Waals surface area contributed by atoms with E-state index in [-0.39, 0.29) is 5.91 Å². The summed E-state index contributed by atoms with van der Waals surface area (Å²) in [6, 6.07) is 7.24. The first-order chi connectivity index (χ1) is 13.0. The Hall–Kier alpha value is -2.87. The van der Waals surface area contributed by atoms with Gasteiger partial charge >= 0.3 is 0 Å². The number of carbonyl (C=O) groups excluding carboxylic acids is 1. The number of para-hydroxylation sites is 1. The summed E-state index contributed by atoms with van der Waals surface area (Å²) in [4.78, 5) is 17.1. The fourth-order valence-corrected chi connectivity index (χ4v) is 3.66. The SMILES string of the molecule is COc1cccc(C(=O)NCCc2csc(-n3nc(C)cc3C)n2)c1OC. The second-order valence-corrected chi connectivity index (χ2v) is 6.84. The average Bonchev–Trinajstić information content (AvgIpc) is 3.26. The first kappa shape index (κ1) is 18.9. The van der Waals surface area contributed by atoms with E-state index in [0.29, 0.717) is 30.0 Å². The van der Waals surface area contributed by atoms with E-state index in [0.717, 1.165) is 22.2 Å². The Balaban J connectivity index is 1.62. The minimum absolute atomic E-state index is 0.209. The number of thiazole rings is 1. The summed E-state index contributed by atoms with van der Waals surface area (Å²) >= 11 is 1.54. The summed E-state index contributed by atoms with van der Waals surface area (Å²) in [5, 5.41) is 10.2. The van der Waals surface area contributed by atoms with Crippen molar-refractivity contribution in [1.29, 1.82) is 0 Å². The number of hydrogen-bond donors (Lipinski definition) is 1. The van der Waals surface area contributed by atoms with Gasteiger partial charge in [0.05, 0.1) is 31.2 Å². The van der Waals surface area contributed by atoms with E-state index in [1.807, 2.05) is 30.0 Å². The third kappa shape index (κ3) is 4.11. The van der Waals surface area contributed by atoms with Crippen molar-refractivity contribution in [2.45, 2.75) is 20.3 Å². The molecule has 1 N–H and O–H groups in total. The van der Waals surface area contributed by atoms with Gasteiger partial charge in [0, 0.05) is 24.0 Å². The van der Waals surface area contributed by atoms with E-state index in [9.17, 15) is 4.79 Å². The van der Waals surface area contributed by atoms with Gasteiger partial charge in [0.1, 0.15) is 0 Å². The Morgan fingerprint density at radius 1 is 1.26 bits per heavy atom. The largest absolute Gasteiger partial charge is 0.493 e. The highest BCUT2D eigenvalue weighted by molar-refractivity contribution is 7.12. The molecule has 1 amide bonds. The van der Waals surface area contributed by atoms with E-state index in [2.05, 4.69) is 15.4 Å². The summed E-state index contributed by atoms with van der Waals surface area (Å²) in [5.41, 5.74) is 3.37. The van der Waals surface area contributed by atoms with Gasteiger partial charge in [-0.15, -0.1) is 11.3 Å². The molecule has 0 spiro atoms. The fraction of sp³-hybridized carbons (Fsp3) is 0.316. The van der Waals surface area contributed by atoms with Crippen LogP contribution in [-0.2, 0) is 6.42 Å². The number of nitrogens with zero attached hydrogens (tertiary/aromatic N) is 3. The number of rotatable bonds is 7. The molecule has 3 rings (SSSR count). The Labute approximate surface area is 162 Å². The minimum atomic E-state index is -0.209. The zero-order chi connectivity index (χ0) is 19.4. The molecular formula is C19H22N4O3S. The maximum absolute atomic E-state index is 12.5. The topological polar surface area (TPSA) is 78.3 Å². The lowest BCUT2D eigenvalue weighted by molar-refractivity contribution is 0.0950. The smallest absolute Gasteiger partial charge is 0.255 e. The zero-order valence-electron chi connectivity index (χ0n) is 15.8. The van der Waals surface area contributed by atoms with Crippen molar-refractivity contribution >= 4 is 17.2 Å². The monoisotopic (exact) mass is 386 g/mol. The molecule has 0 bridgehead atoms. The summed E-state index contributed by atoms with van der Waals surface area (Å²) in [6.45, 7) is 4.43. The van der Waals surface area contributed by atoms with Crippen molar-refractivity contribution in [3.63, 3.8) is 0 Å². The van der Waals surface area contributed by atoms with Gasteiger partial charge in [-0.25, -0.2) is 9.67 Å². The summed E-state index contributed by atoms with van der Waals surface area (Å²) in [5.74, 6) is 0.747. The molecule has 3 aromatic rings. The highest BCUT2D eigenvalue weighted by Crippen LogP contribution is 2.30. The molecule has 0 fully saturated rings. The lowest BCUT2D eigenvalue weighted by Crippen LogP contribution is -2.26. The van der Waals surface area contributed by atoms with Crippen LogP contribution in [0.3, 0.4) is 0 Å². The van der Waals surface area contributed by atoms with Crippen LogP contribution in [0.25, 0.3) is 5.13 Å². The number of amides is 1. The third-order valence-electron chi connectivity index (χ3n) is 4.04. The van der Waals surface area contributed by atoms with Gasteiger partial charge in [-0.2, -0.15) is 5.10 Å². The van der Waals surface area contributed by atoms with Crippen LogP contribution in [0.2, 0.25) is 0 Å². The predicted molar refractivity (Wildman–Crippen MR) is 104 cm³/mol. The van der Waals surface area contributed by atoms with Crippen molar-refractivity contribution in [3.05, 3.63) is 52.3 Å². The molecule has 0 aliphatic carbocycles. The highest BCUT2D eigenvalue weighted by atomic mass is 32.1. The first-order valence-electron chi connectivity index (χ1n) is 8.50. The molecule has 0 atom stereocenters. The molecule has 2 heterocycles. The minimum Gasteiger partial charge on any atom is -0.493 e. The molecule has 7 nitrogen and oxygen atoms in total. The Morgan fingerprint density at radius 3 is 2.74 bits per heavy atom. The maximum Gasteiger partial charge on any atom is 0.255 e. The molecule has 0 unspecified atom stereocenters. The summed E-state index contributed by atoms with van der Waals surface area (Å²) in [7, 11) is 3.06. The number of methoxy groups -OCH3 is 2. The van der Waals surface area contributed by atoms with Crippen LogP contribution in [0.1, 0.15) is 27.4 Å². The van der Waals surface area contributed by atoms with Crippen molar-refractivity contribution in [3.8, 4) is 16.6 Å². The number of hydrogen-bond acceptors (Lipinski definition) is 6. The molecular weight excluding hydrogens is 364 g/mol. The van der Waals surface area contributed by atoms with Crippen LogP contribution in [0.5, 0.6) is 11.5 Å². The lowest BCUT2D eigenvalue weighted by atomic mass is 10.1.